The van der Waals surface area contributed by atoms with E-state index in [1.54, 1.807) is 48.0 Å². The Morgan fingerprint density at radius 2 is 1.49 bits per heavy atom. The Hall–Kier alpha value is -4.37. The van der Waals surface area contributed by atoms with E-state index >= 15 is 0 Å². The van der Waals surface area contributed by atoms with E-state index in [0.717, 1.165) is 0 Å². The van der Waals surface area contributed by atoms with Crippen molar-refractivity contribution in [3.05, 3.63) is 29.8 Å². The van der Waals surface area contributed by atoms with E-state index in [2.05, 4.69) is 15.4 Å². The van der Waals surface area contributed by atoms with Gasteiger partial charge in [-0.2, -0.15) is 0 Å². The Labute approximate surface area is 386 Å². The molecular weight excluding hydrogens is 861 g/mol. The number of benzene rings is 1. The van der Waals surface area contributed by atoms with Crippen molar-refractivity contribution >= 4 is 45.5 Å². The second kappa shape index (κ2) is 25.0. The fraction of sp³-hybridized carbons (Fsp3) is 0.733. The molecule has 9 atom stereocenters. The zero-order valence-electron chi connectivity index (χ0n) is 40.4. The highest BCUT2D eigenvalue weighted by atomic mass is 32.2. The maximum Gasteiger partial charge on any atom is 0.271 e. The number of likely N-dealkylation sites (N-methyl/N-ethyl adjacent to an activating group) is 2. The number of amides is 6. The number of carbonyl (C=O) groups excluding carboxylic acids is 6. The molecule has 0 radical (unpaired) electrons. The summed E-state index contributed by atoms with van der Waals surface area (Å²) in [6, 6.07) is 2.75. The summed E-state index contributed by atoms with van der Waals surface area (Å²) in [5.41, 5.74) is 2.54. The first-order chi connectivity index (χ1) is 30.5. The standard InChI is InChI=1S/C45H76N8O11S/c1-13-28(6)40(52(10)45(59)38(26(2)3)48-44(58)39(27(4)5)51(8)9)35(62-11)24-37(55)53-22-14-15-34(53)41(63-12)29(7)42(56)47-33(43(57)50-65(60,61)32-20-21-32)23-30-16-18-31(19-17-30)64-25-36(54)49-46/h16-19,26-29,32-35,38-41H,13-15,20-25,46H2,1-12H3,(H,47,56)(H,48,58)(H,49,54)(H,50,57)/t28-,29+,33-,34?,35+,38-,39-,40-,41+/m0/s1. The quantitative estimate of drug-likeness (QED) is 0.0501. The third kappa shape index (κ3) is 15.1. The minimum Gasteiger partial charge on any atom is -0.484 e. The molecule has 1 saturated carbocycles. The van der Waals surface area contributed by atoms with Crippen LogP contribution in [-0.2, 0) is 54.7 Å². The lowest BCUT2D eigenvalue weighted by Crippen LogP contribution is -2.59. The molecular formula is C45H76N8O11S. The maximum absolute atomic E-state index is 14.4. The normalized spacial score (nSPS) is 19.1. The van der Waals surface area contributed by atoms with Gasteiger partial charge in [-0.25, -0.2) is 14.3 Å². The molecule has 1 aliphatic carbocycles. The molecule has 1 aromatic carbocycles. The van der Waals surface area contributed by atoms with Crippen LogP contribution in [0.1, 0.15) is 92.6 Å². The molecule has 368 valence electrons. The number of nitrogens with one attached hydrogen (secondary N) is 4. The fourth-order valence-corrected chi connectivity index (χ4v) is 10.1. The van der Waals surface area contributed by atoms with E-state index in [-0.39, 0.29) is 54.9 Å². The van der Waals surface area contributed by atoms with E-state index in [1.807, 2.05) is 66.0 Å². The Morgan fingerprint density at radius 3 is 2.00 bits per heavy atom. The first-order valence-corrected chi connectivity index (χ1v) is 24.2. The number of carbonyl (C=O) groups is 6. The summed E-state index contributed by atoms with van der Waals surface area (Å²) in [7, 11) is 4.36. The van der Waals surface area contributed by atoms with Crippen LogP contribution in [0.15, 0.2) is 24.3 Å². The topological polar surface area (TPSA) is 248 Å². The summed E-state index contributed by atoms with van der Waals surface area (Å²) in [5.74, 6) is 1.43. The summed E-state index contributed by atoms with van der Waals surface area (Å²) in [6.07, 6.45) is 1.01. The first-order valence-electron chi connectivity index (χ1n) is 22.7. The fourth-order valence-electron chi connectivity index (χ4n) is 8.74. The predicted octanol–water partition coefficient (Wildman–Crippen LogP) is 1.34. The van der Waals surface area contributed by atoms with E-state index in [9.17, 15) is 37.2 Å². The highest BCUT2D eigenvalue weighted by Gasteiger charge is 2.44. The van der Waals surface area contributed by atoms with Crippen LogP contribution in [0.3, 0.4) is 0 Å². The third-order valence-corrected chi connectivity index (χ3v) is 14.5. The van der Waals surface area contributed by atoms with E-state index in [1.165, 1.54) is 14.2 Å². The van der Waals surface area contributed by atoms with Gasteiger partial charge in [0, 0.05) is 34.2 Å². The first kappa shape index (κ1) is 55.0. The molecule has 1 unspecified atom stereocenters. The van der Waals surface area contributed by atoms with Gasteiger partial charge in [-0.3, -0.25) is 43.8 Å². The van der Waals surface area contributed by atoms with Gasteiger partial charge in [0.05, 0.1) is 47.9 Å². The Balaban J connectivity index is 1.82. The van der Waals surface area contributed by atoms with Crippen molar-refractivity contribution in [3.63, 3.8) is 0 Å². The number of sulfonamides is 1. The van der Waals surface area contributed by atoms with E-state index < -0.39 is 81.3 Å². The van der Waals surface area contributed by atoms with Crippen LogP contribution in [0.5, 0.6) is 5.75 Å². The molecule has 65 heavy (non-hydrogen) atoms. The van der Waals surface area contributed by atoms with Crippen molar-refractivity contribution < 1.29 is 51.4 Å². The van der Waals surface area contributed by atoms with Gasteiger partial charge < -0.3 is 34.6 Å². The number of rotatable bonds is 26. The second-order valence-corrected chi connectivity index (χ2v) is 20.4. The van der Waals surface area contributed by atoms with Crippen LogP contribution < -0.4 is 31.4 Å². The smallest absolute Gasteiger partial charge is 0.271 e. The zero-order chi connectivity index (χ0) is 48.9. The van der Waals surface area contributed by atoms with E-state index in [4.69, 9.17) is 20.1 Å². The highest BCUT2D eigenvalue weighted by molar-refractivity contribution is 7.90. The van der Waals surface area contributed by atoms with Crippen molar-refractivity contribution in [3.8, 4) is 5.75 Å². The van der Waals surface area contributed by atoms with Gasteiger partial charge in [-0.05, 0) is 75.2 Å². The molecule has 19 nitrogen and oxygen atoms in total. The molecule has 6 N–H and O–H groups in total. The molecule has 0 aromatic heterocycles. The molecule has 20 heteroatoms. The predicted molar refractivity (Wildman–Crippen MR) is 245 cm³/mol. The number of nitrogens with zero attached hydrogens (tertiary/aromatic N) is 3. The molecule has 1 aromatic rings. The minimum atomic E-state index is -3.95. The maximum atomic E-state index is 14.4. The Morgan fingerprint density at radius 1 is 0.862 bits per heavy atom. The zero-order valence-corrected chi connectivity index (χ0v) is 41.2. The van der Waals surface area contributed by atoms with Gasteiger partial charge in [0.25, 0.3) is 11.8 Å². The monoisotopic (exact) mass is 937 g/mol. The van der Waals surface area contributed by atoms with Gasteiger partial charge in [-0.1, -0.05) is 67.0 Å². The molecule has 1 saturated heterocycles. The van der Waals surface area contributed by atoms with Gasteiger partial charge in [0.2, 0.25) is 33.7 Å². The number of hydrogen-bond donors (Lipinski definition) is 5. The van der Waals surface area contributed by atoms with Gasteiger partial charge in [-0.15, -0.1) is 0 Å². The molecule has 1 aliphatic heterocycles. The molecule has 6 amide bonds. The highest BCUT2D eigenvalue weighted by Crippen LogP contribution is 2.31. The van der Waals surface area contributed by atoms with Gasteiger partial charge in [0.1, 0.15) is 17.8 Å². The second-order valence-electron chi connectivity index (χ2n) is 18.4. The lowest BCUT2D eigenvalue weighted by molar-refractivity contribution is -0.148. The van der Waals surface area contributed by atoms with Crippen LogP contribution in [0.25, 0.3) is 0 Å². The number of hydrazine groups is 1. The van der Waals surface area contributed by atoms with Crippen LogP contribution in [0.2, 0.25) is 0 Å². The van der Waals surface area contributed by atoms with Crippen molar-refractivity contribution in [2.45, 2.75) is 141 Å². The minimum absolute atomic E-state index is 0.00433. The summed E-state index contributed by atoms with van der Waals surface area (Å²) < 4.78 is 45.2. The van der Waals surface area contributed by atoms with Crippen molar-refractivity contribution in [2.24, 2.45) is 29.5 Å². The van der Waals surface area contributed by atoms with Crippen LogP contribution in [-0.4, -0.2) is 155 Å². The van der Waals surface area contributed by atoms with Crippen LogP contribution >= 0.6 is 0 Å². The van der Waals surface area contributed by atoms with Crippen molar-refractivity contribution in [2.75, 3.05) is 48.5 Å². The summed E-state index contributed by atoms with van der Waals surface area (Å²) in [6.45, 7) is 13.4. The average molecular weight is 937 g/mol. The van der Waals surface area contributed by atoms with Crippen LogP contribution in [0, 0.1) is 23.7 Å². The molecule has 2 fully saturated rings. The lowest BCUT2D eigenvalue weighted by Gasteiger charge is -2.41. The third-order valence-electron chi connectivity index (χ3n) is 12.7. The lowest BCUT2D eigenvalue weighted by atomic mass is 9.89. The number of hydrogen-bond acceptors (Lipinski definition) is 13. The van der Waals surface area contributed by atoms with Crippen molar-refractivity contribution in [1.29, 1.82) is 0 Å². The Bertz CT molecular complexity index is 1870. The summed E-state index contributed by atoms with van der Waals surface area (Å²) in [4.78, 5) is 86.5. The average Bonchev–Trinajstić information content (AvgIpc) is 4.02. The molecule has 1 heterocycles. The number of methoxy groups -OCH3 is 2. The van der Waals surface area contributed by atoms with Gasteiger partial charge in [0.15, 0.2) is 6.61 Å². The van der Waals surface area contributed by atoms with Crippen LogP contribution in [0.4, 0.5) is 0 Å². The van der Waals surface area contributed by atoms with Gasteiger partial charge >= 0.3 is 0 Å². The largest absolute Gasteiger partial charge is 0.484 e. The summed E-state index contributed by atoms with van der Waals surface area (Å²) in [5, 5.41) is 5.09. The molecule has 0 spiro atoms. The molecule has 0 bridgehead atoms. The number of likely N-dealkylation sites (tertiary alicyclic amines) is 1. The summed E-state index contributed by atoms with van der Waals surface area (Å²) >= 11 is 0. The molecule has 2 aliphatic rings. The number of nitrogens with two attached hydrogens (primary N) is 1. The number of ether oxygens (including phenoxy) is 3. The van der Waals surface area contributed by atoms with Crippen molar-refractivity contribution in [1.82, 2.24) is 35.5 Å². The van der Waals surface area contributed by atoms with E-state index in [0.29, 0.717) is 50.0 Å². The Kier molecular flexibility index (Phi) is 21.1. The SMILES string of the molecule is CC[C@H](C)[C@@H]([C@@H](CC(=O)N1CCCC1[C@H](OC)[C@@H](C)C(=O)N[C@@H](Cc1ccc(OCC(=O)NN)cc1)C(=O)NS(=O)(=O)C1CC1)OC)N(C)C(=O)[C@@H](NC(=O)[C@H](C(C)C)N(C)C)C(C)C. The molecule has 3 rings (SSSR count).